The lowest BCUT2D eigenvalue weighted by molar-refractivity contribution is 0.105. The summed E-state index contributed by atoms with van der Waals surface area (Å²) >= 11 is 0. The Balaban J connectivity index is 2.03. The summed E-state index contributed by atoms with van der Waals surface area (Å²) in [4.78, 5) is 0. The van der Waals surface area contributed by atoms with Gasteiger partial charge in [-0.05, 0) is 43.4 Å². The Labute approximate surface area is 163 Å². The highest BCUT2D eigenvalue weighted by Crippen LogP contribution is 2.50. The minimum atomic E-state index is -0.411. The van der Waals surface area contributed by atoms with Crippen LogP contribution in [0, 0.1) is 0 Å². The molecule has 0 N–H and O–H groups in total. The lowest BCUT2D eigenvalue weighted by Gasteiger charge is -2.34. The minimum absolute atomic E-state index is 0.0773. The molecule has 0 spiro atoms. The van der Waals surface area contributed by atoms with E-state index in [-0.39, 0.29) is 5.41 Å². The van der Waals surface area contributed by atoms with Crippen LogP contribution in [0.2, 0.25) is 0 Å². The van der Waals surface area contributed by atoms with Crippen LogP contribution in [-0.2, 0) is 18.1 Å². The predicted octanol–water partition coefficient (Wildman–Crippen LogP) is 5.97. The van der Waals surface area contributed by atoms with Gasteiger partial charge < -0.3 is 9.47 Å². The van der Waals surface area contributed by atoms with Gasteiger partial charge >= 0.3 is 0 Å². The quantitative estimate of drug-likeness (QED) is 0.563. The van der Waals surface area contributed by atoms with E-state index in [0.29, 0.717) is 0 Å². The molecule has 0 unspecified atom stereocenters. The number of aryl methyl sites for hydroxylation is 1. The molecule has 3 rings (SSSR count). The number of hydrogen-bond acceptors (Lipinski definition) is 3. The summed E-state index contributed by atoms with van der Waals surface area (Å²) in [6.07, 6.45) is 8.32. The molecule has 0 saturated carbocycles. The van der Waals surface area contributed by atoms with Crippen LogP contribution in [0.5, 0.6) is 11.5 Å². The van der Waals surface area contributed by atoms with E-state index in [9.17, 15) is 0 Å². The van der Waals surface area contributed by atoms with Gasteiger partial charge in [-0.15, -0.1) is 0 Å². The molecule has 4 nitrogen and oxygen atoms in total. The van der Waals surface area contributed by atoms with Crippen LogP contribution >= 0.6 is 0 Å². The van der Waals surface area contributed by atoms with Crippen molar-refractivity contribution in [1.82, 2.24) is 9.78 Å². The van der Waals surface area contributed by atoms with Crippen molar-refractivity contribution in [3.8, 4) is 22.8 Å². The van der Waals surface area contributed by atoms with Gasteiger partial charge in [0.05, 0.1) is 12.7 Å². The van der Waals surface area contributed by atoms with Gasteiger partial charge in [-0.1, -0.05) is 46.5 Å². The monoisotopic (exact) mass is 370 g/mol. The lowest BCUT2D eigenvalue weighted by Crippen LogP contribution is -2.29. The zero-order chi connectivity index (χ0) is 19.8. The van der Waals surface area contributed by atoms with Gasteiger partial charge in [0.15, 0.2) is 0 Å². The number of ether oxygens (including phenoxy) is 2. The summed E-state index contributed by atoms with van der Waals surface area (Å²) < 4.78 is 14.1. The maximum atomic E-state index is 6.45. The molecule has 2 heterocycles. The fraction of sp³-hybridized carbons (Fsp3) is 0.609. The Morgan fingerprint density at radius 2 is 1.93 bits per heavy atom. The Hall–Kier alpha value is -1.97. The lowest BCUT2D eigenvalue weighted by atomic mass is 9.78. The molecule has 1 aliphatic rings. The third kappa shape index (κ3) is 3.71. The molecule has 0 radical (unpaired) electrons. The van der Waals surface area contributed by atoms with Gasteiger partial charge in [-0.3, -0.25) is 4.68 Å². The number of unbranched alkanes of at least 4 members (excludes halogenated alkanes) is 3. The zero-order valence-corrected chi connectivity index (χ0v) is 18.0. The summed E-state index contributed by atoms with van der Waals surface area (Å²) in [7, 11) is 3.68. The number of hydrogen-bond donors (Lipinski definition) is 0. The maximum Gasteiger partial charge on any atom is 0.134 e. The Kier molecular flexibility index (Phi) is 5.29. The third-order valence-corrected chi connectivity index (χ3v) is 5.80. The largest absolute Gasteiger partial charge is 0.496 e. The van der Waals surface area contributed by atoms with Crippen LogP contribution in [0.15, 0.2) is 18.3 Å². The van der Waals surface area contributed by atoms with E-state index in [1.807, 2.05) is 17.9 Å². The predicted molar refractivity (Wildman–Crippen MR) is 111 cm³/mol. The molecule has 0 saturated heterocycles. The van der Waals surface area contributed by atoms with Crippen LogP contribution in [0.1, 0.15) is 77.8 Å². The number of benzene rings is 1. The first-order valence-corrected chi connectivity index (χ1v) is 10.2. The maximum absolute atomic E-state index is 6.45. The van der Waals surface area contributed by atoms with E-state index in [0.717, 1.165) is 34.7 Å². The normalized spacial score (nSPS) is 15.1. The van der Waals surface area contributed by atoms with E-state index >= 15 is 0 Å². The first-order valence-electron chi connectivity index (χ1n) is 10.2. The first-order chi connectivity index (χ1) is 12.7. The van der Waals surface area contributed by atoms with Gasteiger partial charge in [-0.2, -0.15) is 5.10 Å². The van der Waals surface area contributed by atoms with Gasteiger partial charge in [-0.25, -0.2) is 0 Å². The summed E-state index contributed by atoms with van der Waals surface area (Å²) in [5, 5.41) is 4.72. The second-order valence-corrected chi connectivity index (χ2v) is 8.92. The van der Waals surface area contributed by atoms with Gasteiger partial charge in [0.1, 0.15) is 22.8 Å². The average molecular weight is 371 g/mol. The second kappa shape index (κ2) is 7.21. The van der Waals surface area contributed by atoms with Crippen LogP contribution in [0.25, 0.3) is 11.3 Å². The van der Waals surface area contributed by atoms with Crippen LogP contribution in [0.4, 0.5) is 0 Å². The highest BCUT2D eigenvalue weighted by Gasteiger charge is 2.38. The van der Waals surface area contributed by atoms with Gasteiger partial charge in [0, 0.05) is 18.8 Å². The van der Waals surface area contributed by atoms with Crippen molar-refractivity contribution in [2.45, 2.75) is 77.7 Å². The molecule has 0 amide bonds. The summed E-state index contributed by atoms with van der Waals surface area (Å²) in [6, 6.07) is 4.38. The molecule has 1 aromatic heterocycles. The fourth-order valence-electron chi connectivity index (χ4n) is 4.04. The number of rotatable bonds is 7. The van der Waals surface area contributed by atoms with Gasteiger partial charge in [0.25, 0.3) is 0 Å². The topological polar surface area (TPSA) is 36.3 Å². The SMILES string of the molecule is CCCCCCC(C)(C)c1cc(OC)c2c(c1)OC(C)(C)c1cn(C)nc1-2. The summed E-state index contributed by atoms with van der Waals surface area (Å²) in [5.74, 6) is 1.72. The number of fused-ring (bicyclic) bond motifs is 3. The Bertz CT molecular complexity index is 818. The number of methoxy groups -OCH3 is 1. The van der Waals surface area contributed by atoms with E-state index in [2.05, 4.69) is 46.8 Å². The molecule has 0 atom stereocenters. The molecule has 1 aromatic carbocycles. The molecular weight excluding hydrogens is 336 g/mol. The average Bonchev–Trinajstić information content (AvgIpc) is 3.00. The Morgan fingerprint density at radius 3 is 2.59 bits per heavy atom. The van der Waals surface area contributed by atoms with E-state index in [4.69, 9.17) is 14.6 Å². The van der Waals surface area contributed by atoms with E-state index < -0.39 is 5.60 Å². The molecular formula is C23H34N2O2. The smallest absolute Gasteiger partial charge is 0.134 e. The zero-order valence-electron chi connectivity index (χ0n) is 18.0. The molecule has 2 aromatic rings. The molecule has 4 heteroatoms. The first kappa shape index (κ1) is 19.8. The molecule has 0 fully saturated rings. The minimum Gasteiger partial charge on any atom is -0.496 e. The van der Waals surface area contributed by atoms with Crippen molar-refractivity contribution in [2.75, 3.05) is 7.11 Å². The highest BCUT2D eigenvalue weighted by atomic mass is 16.5. The number of aromatic nitrogens is 2. The third-order valence-electron chi connectivity index (χ3n) is 5.80. The van der Waals surface area contributed by atoms with Crippen LogP contribution in [-0.4, -0.2) is 16.9 Å². The van der Waals surface area contributed by atoms with Crippen molar-refractivity contribution in [2.24, 2.45) is 7.05 Å². The van der Waals surface area contributed by atoms with E-state index in [1.165, 1.54) is 31.2 Å². The molecule has 0 aliphatic carbocycles. The standard InChI is InChI=1S/C23H34N2O2/c1-8-9-10-11-12-22(2,3)16-13-18(26-7)20-19(14-16)27-23(4,5)17-15-25(6)24-21(17)20/h13-15H,8-12H2,1-7H3. The van der Waals surface area contributed by atoms with Crippen LogP contribution in [0.3, 0.4) is 0 Å². The molecule has 1 aliphatic heterocycles. The van der Waals surface area contributed by atoms with Crippen molar-refractivity contribution in [3.05, 3.63) is 29.5 Å². The fourth-order valence-corrected chi connectivity index (χ4v) is 4.04. The Morgan fingerprint density at radius 1 is 1.19 bits per heavy atom. The van der Waals surface area contributed by atoms with E-state index in [1.54, 1.807) is 7.11 Å². The van der Waals surface area contributed by atoms with Gasteiger partial charge in [0.2, 0.25) is 0 Å². The molecule has 148 valence electrons. The summed E-state index contributed by atoms with van der Waals surface area (Å²) in [6.45, 7) is 11.1. The van der Waals surface area contributed by atoms with Crippen molar-refractivity contribution < 1.29 is 9.47 Å². The highest BCUT2D eigenvalue weighted by molar-refractivity contribution is 5.79. The molecule has 0 bridgehead atoms. The molecule has 27 heavy (non-hydrogen) atoms. The van der Waals surface area contributed by atoms with Crippen molar-refractivity contribution >= 4 is 0 Å². The van der Waals surface area contributed by atoms with Crippen LogP contribution < -0.4 is 9.47 Å². The van der Waals surface area contributed by atoms with Crippen molar-refractivity contribution in [1.29, 1.82) is 0 Å². The van der Waals surface area contributed by atoms with Crippen molar-refractivity contribution in [3.63, 3.8) is 0 Å². The number of nitrogens with zero attached hydrogens (tertiary/aromatic N) is 2. The second-order valence-electron chi connectivity index (χ2n) is 8.92. The summed E-state index contributed by atoms with van der Waals surface area (Å²) in [5.41, 5.74) is 3.97.